The fourth-order valence-electron chi connectivity index (χ4n) is 3.15. The van der Waals surface area contributed by atoms with Crippen LogP contribution in [-0.4, -0.2) is 61.3 Å². The van der Waals surface area contributed by atoms with Gasteiger partial charge in [0.25, 0.3) is 0 Å². The highest BCUT2D eigenvalue weighted by molar-refractivity contribution is 5.80. The van der Waals surface area contributed by atoms with Crippen molar-refractivity contribution < 1.29 is 24.2 Å². The van der Waals surface area contributed by atoms with Crippen LogP contribution in [0.4, 0.5) is 0 Å². The summed E-state index contributed by atoms with van der Waals surface area (Å²) in [5, 5.41) is 11.9. The minimum atomic E-state index is -0.820. The number of carboxylic acid groups (broad SMARTS) is 1. The number of aliphatic carboxylic acids is 1. The third-order valence-corrected chi connectivity index (χ3v) is 4.58. The van der Waals surface area contributed by atoms with Crippen molar-refractivity contribution in [1.82, 2.24) is 10.2 Å². The number of likely N-dealkylation sites (N-methyl/N-ethyl adjacent to an activating group) is 1. The zero-order valence-electron chi connectivity index (χ0n) is 14.9. The van der Waals surface area contributed by atoms with E-state index in [-0.39, 0.29) is 31.0 Å². The molecule has 0 aliphatic heterocycles. The number of carbonyl (C=O) groups excluding carboxylic acids is 1. The van der Waals surface area contributed by atoms with Crippen LogP contribution < -0.4 is 14.8 Å². The molecule has 1 fully saturated rings. The monoisotopic (exact) mass is 350 g/mol. The zero-order chi connectivity index (χ0) is 18.4. The van der Waals surface area contributed by atoms with Gasteiger partial charge < -0.3 is 19.9 Å². The number of carboxylic acids is 1. The van der Waals surface area contributed by atoms with Crippen molar-refractivity contribution in [3.05, 3.63) is 23.8 Å². The Morgan fingerprint density at radius 3 is 2.56 bits per heavy atom. The molecule has 1 aliphatic carbocycles. The normalized spacial score (nSPS) is 19.2. The van der Waals surface area contributed by atoms with Crippen LogP contribution in [0.15, 0.2) is 18.2 Å². The van der Waals surface area contributed by atoms with Crippen molar-refractivity contribution in [2.45, 2.75) is 38.3 Å². The molecule has 2 rings (SSSR count). The van der Waals surface area contributed by atoms with Crippen LogP contribution in [0.3, 0.4) is 0 Å². The number of benzene rings is 1. The molecule has 0 saturated heterocycles. The van der Waals surface area contributed by atoms with Crippen molar-refractivity contribution in [1.29, 1.82) is 0 Å². The molecule has 0 bridgehead atoms. The second kappa shape index (κ2) is 8.71. The molecule has 1 aromatic carbocycles. The Morgan fingerprint density at radius 1 is 1.28 bits per heavy atom. The number of hydrogen-bond acceptors (Lipinski definition) is 5. The average molecular weight is 350 g/mol. The van der Waals surface area contributed by atoms with E-state index in [0.29, 0.717) is 18.0 Å². The third-order valence-electron chi connectivity index (χ3n) is 4.58. The largest absolute Gasteiger partial charge is 0.497 e. The van der Waals surface area contributed by atoms with Gasteiger partial charge in [0.05, 0.1) is 27.2 Å². The summed E-state index contributed by atoms with van der Waals surface area (Å²) in [6, 6.07) is 5.69. The van der Waals surface area contributed by atoms with Crippen molar-refractivity contribution >= 4 is 11.9 Å². The quantitative estimate of drug-likeness (QED) is 0.698. The minimum Gasteiger partial charge on any atom is -0.497 e. The fraction of sp³-hybridized carbons (Fsp3) is 0.556. The smallest absolute Gasteiger partial charge is 0.317 e. The highest BCUT2D eigenvalue weighted by Gasteiger charge is 2.34. The lowest BCUT2D eigenvalue weighted by Gasteiger charge is -2.42. The predicted molar refractivity (Wildman–Crippen MR) is 93.1 cm³/mol. The van der Waals surface area contributed by atoms with Crippen molar-refractivity contribution in [2.24, 2.45) is 0 Å². The van der Waals surface area contributed by atoms with Crippen molar-refractivity contribution in [3.8, 4) is 11.5 Å². The van der Waals surface area contributed by atoms with Crippen LogP contribution in [0, 0.1) is 0 Å². The lowest BCUT2D eigenvalue weighted by atomic mass is 9.85. The van der Waals surface area contributed by atoms with E-state index in [1.807, 2.05) is 11.8 Å². The van der Waals surface area contributed by atoms with Gasteiger partial charge in [0.2, 0.25) is 5.91 Å². The highest BCUT2D eigenvalue weighted by Crippen LogP contribution is 2.27. The Balaban J connectivity index is 1.85. The summed E-state index contributed by atoms with van der Waals surface area (Å²) >= 11 is 0. The second-order valence-corrected chi connectivity index (χ2v) is 6.20. The Bertz CT molecular complexity index is 613. The molecule has 25 heavy (non-hydrogen) atoms. The number of nitrogens with one attached hydrogen (secondary N) is 1. The molecule has 0 heterocycles. The molecule has 7 heteroatoms. The van der Waals surface area contributed by atoms with Crippen LogP contribution in [0.2, 0.25) is 0 Å². The standard InChI is InChI=1S/C18H26N2O5/c1-4-20(11-18(22)23)14-9-13(10-14)19-17(21)8-12-7-15(24-2)5-6-16(12)25-3/h5-7,13-14H,4,8-11H2,1-3H3,(H,19,21)(H,22,23). The highest BCUT2D eigenvalue weighted by atomic mass is 16.5. The molecule has 1 amide bonds. The van der Waals surface area contributed by atoms with Gasteiger partial charge in [0.15, 0.2) is 0 Å². The summed E-state index contributed by atoms with van der Waals surface area (Å²) in [5.41, 5.74) is 0.774. The summed E-state index contributed by atoms with van der Waals surface area (Å²) < 4.78 is 10.5. The van der Waals surface area contributed by atoms with Crippen LogP contribution in [0.25, 0.3) is 0 Å². The van der Waals surface area contributed by atoms with Gasteiger partial charge in [-0.15, -0.1) is 0 Å². The maximum Gasteiger partial charge on any atom is 0.317 e. The van der Waals surface area contributed by atoms with E-state index < -0.39 is 5.97 Å². The van der Waals surface area contributed by atoms with Gasteiger partial charge in [-0.2, -0.15) is 0 Å². The first-order valence-corrected chi connectivity index (χ1v) is 8.42. The van der Waals surface area contributed by atoms with Gasteiger partial charge in [-0.25, -0.2) is 0 Å². The molecule has 1 aliphatic rings. The van der Waals surface area contributed by atoms with E-state index in [1.54, 1.807) is 32.4 Å². The van der Waals surface area contributed by atoms with E-state index in [1.165, 1.54) is 0 Å². The maximum absolute atomic E-state index is 12.3. The Kier molecular flexibility index (Phi) is 6.64. The first-order chi connectivity index (χ1) is 12.0. The lowest BCUT2D eigenvalue weighted by Crippen LogP contribution is -2.55. The average Bonchev–Trinajstić information content (AvgIpc) is 2.55. The van der Waals surface area contributed by atoms with Gasteiger partial charge in [-0.1, -0.05) is 6.92 Å². The first kappa shape index (κ1) is 19.1. The number of nitrogens with zero attached hydrogens (tertiary/aromatic N) is 1. The van der Waals surface area contributed by atoms with E-state index in [9.17, 15) is 9.59 Å². The van der Waals surface area contributed by atoms with Crippen LogP contribution in [0.1, 0.15) is 25.3 Å². The fourth-order valence-corrected chi connectivity index (χ4v) is 3.15. The lowest BCUT2D eigenvalue weighted by molar-refractivity contribution is -0.139. The minimum absolute atomic E-state index is 0.0445. The number of methoxy groups -OCH3 is 2. The van der Waals surface area contributed by atoms with E-state index in [0.717, 1.165) is 18.4 Å². The Hall–Kier alpha value is -2.28. The van der Waals surface area contributed by atoms with Crippen molar-refractivity contribution in [2.75, 3.05) is 27.3 Å². The first-order valence-electron chi connectivity index (χ1n) is 8.42. The molecule has 7 nitrogen and oxygen atoms in total. The van der Waals surface area contributed by atoms with Gasteiger partial charge in [-0.05, 0) is 37.6 Å². The van der Waals surface area contributed by atoms with Crippen LogP contribution in [-0.2, 0) is 16.0 Å². The van der Waals surface area contributed by atoms with Crippen molar-refractivity contribution in [3.63, 3.8) is 0 Å². The Labute approximate surface area is 147 Å². The van der Waals surface area contributed by atoms with Crippen LogP contribution in [0.5, 0.6) is 11.5 Å². The molecule has 0 aromatic heterocycles. The summed E-state index contributed by atoms with van der Waals surface area (Å²) in [6.07, 6.45) is 1.78. The molecular weight excluding hydrogens is 324 g/mol. The van der Waals surface area contributed by atoms with Gasteiger partial charge in [0, 0.05) is 17.6 Å². The summed E-state index contributed by atoms with van der Waals surface area (Å²) in [6.45, 7) is 2.69. The van der Waals surface area contributed by atoms with E-state index in [2.05, 4.69) is 5.32 Å². The SMILES string of the molecule is CCN(CC(=O)O)C1CC(NC(=O)Cc2cc(OC)ccc2OC)C1. The van der Waals surface area contributed by atoms with E-state index >= 15 is 0 Å². The summed E-state index contributed by atoms with van der Waals surface area (Å²) in [7, 11) is 3.15. The van der Waals surface area contributed by atoms with Crippen LogP contribution >= 0.6 is 0 Å². The molecule has 0 spiro atoms. The van der Waals surface area contributed by atoms with Gasteiger partial charge >= 0.3 is 5.97 Å². The van der Waals surface area contributed by atoms with Gasteiger partial charge in [-0.3, -0.25) is 14.5 Å². The number of rotatable bonds is 9. The molecule has 138 valence electrons. The number of carbonyl (C=O) groups is 2. The molecule has 0 radical (unpaired) electrons. The predicted octanol–water partition coefficient (Wildman–Crippen LogP) is 1.30. The summed E-state index contributed by atoms with van der Waals surface area (Å²) in [5.74, 6) is 0.441. The molecule has 1 aromatic rings. The second-order valence-electron chi connectivity index (χ2n) is 6.20. The molecule has 0 atom stereocenters. The number of ether oxygens (including phenoxy) is 2. The third kappa shape index (κ3) is 5.09. The number of hydrogen-bond donors (Lipinski definition) is 2. The topological polar surface area (TPSA) is 88.1 Å². The Morgan fingerprint density at radius 2 is 2.00 bits per heavy atom. The zero-order valence-corrected chi connectivity index (χ0v) is 14.9. The number of amides is 1. The maximum atomic E-state index is 12.3. The molecule has 1 saturated carbocycles. The van der Waals surface area contributed by atoms with E-state index in [4.69, 9.17) is 14.6 Å². The molecule has 2 N–H and O–H groups in total. The van der Waals surface area contributed by atoms with Gasteiger partial charge in [0.1, 0.15) is 11.5 Å². The summed E-state index contributed by atoms with van der Waals surface area (Å²) in [4.78, 5) is 25.1. The molecule has 0 unspecified atom stereocenters. The molecular formula is C18H26N2O5.